The summed E-state index contributed by atoms with van der Waals surface area (Å²) in [6, 6.07) is 0. The van der Waals surface area contributed by atoms with Crippen LogP contribution < -0.4 is 26.9 Å². The topological polar surface area (TPSA) is 360 Å². The van der Waals surface area contributed by atoms with Crippen molar-refractivity contribution in [3.05, 3.63) is 35.3 Å². The van der Waals surface area contributed by atoms with Gasteiger partial charge in [-0.2, -0.15) is 4.99 Å². The van der Waals surface area contributed by atoms with E-state index in [2.05, 4.69) is 52.3 Å². The molecule has 5 unspecified atom stereocenters. The number of aliphatic hydroxyl groups excluding tert-OH is 3. The van der Waals surface area contributed by atoms with Crippen LogP contribution in [-0.2, 0) is 55.1 Å². The number of guanidine groups is 1. The number of nitrogens with one attached hydrogen (secondary N) is 2. The van der Waals surface area contributed by atoms with Crippen LogP contribution in [0.25, 0.3) is 16.9 Å². The van der Waals surface area contributed by atoms with E-state index in [1.54, 1.807) is 14.0 Å². The second-order valence-corrected chi connectivity index (χ2v) is 17.8. The zero-order chi connectivity index (χ0) is 38.1. The Kier molecular flexibility index (Phi) is 10.4. The molecule has 3 aromatic heterocycles. The van der Waals surface area contributed by atoms with E-state index >= 15 is 0 Å². The number of aliphatic hydroxyl groups is 3. The SMILES string of the molecule is C=C1NC(N)=Nc2c1ncn2[C@@H]1OC(COP(=O)(O)OP(O)(=S)OP(=O)(O)OC[C@H]2OC([n+]3cn(C)c4c(=O)[nH]c(N)nc43)[C@H](C)[C@@H]2O)[C@@H](O)[C@H]1O. The number of nitrogens with zero attached hydrogens (tertiary/aromatic N) is 6. The zero-order valence-corrected chi connectivity index (χ0v) is 30.3. The number of phosphoric acid groups is 2. The molecule has 2 fully saturated rings. The van der Waals surface area contributed by atoms with Crippen molar-refractivity contribution in [2.24, 2.45) is 23.7 Å². The third-order valence-corrected chi connectivity index (χ3v) is 13.6. The van der Waals surface area contributed by atoms with Crippen LogP contribution in [0, 0.1) is 5.92 Å². The fraction of sp³-hybridized carbons (Fsp3) is 0.522. The summed E-state index contributed by atoms with van der Waals surface area (Å²) in [4.78, 5) is 57.9. The lowest BCUT2D eigenvalue weighted by Crippen LogP contribution is -2.42. The monoisotopic (exact) mass is 815 g/mol. The van der Waals surface area contributed by atoms with Crippen LogP contribution in [0.4, 0.5) is 11.8 Å². The highest BCUT2D eigenvalue weighted by Crippen LogP contribution is 2.68. The minimum atomic E-state index is -5.42. The molecule has 52 heavy (non-hydrogen) atoms. The summed E-state index contributed by atoms with van der Waals surface area (Å²) in [5, 5.41) is 34.6. The maximum absolute atomic E-state index is 12.7. The molecule has 6 rings (SSSR count). The van der Waals surface area contributed by atoms with Gasteiger partial charge in [-0.3, -0.25) is 28.0 Å². The van der Waals surface area contributed by atoms with Crippen molar-refractivity contribution in [3.8, 4) is 0 Å². The number of H-pyrrole nitrogens is 1. The van der Waals surface area contributed by atoms with E-state index in [0.29, 0.717) is 5.70 Å². The lowest BCUT2D eigenvalue weighted by atomic mass is 10.0. The van der Waals surface area contributed by atoms with Gasteiger partial charge in [0.25, 0.3) is 11.5 Å². The normalized spacial score (nSPS) is 31.1. The molecule has 286 valence electrons. The molecule has 12 N–H and O–H groups in total. The van der Waals surface area contributed by atoms with Crippen molar-refractivity contribution < 1.29 is 70.8 Å². The van der Waals surface area contributed by atoms with Gasteiger partial charge in [-0.1, -0.05) is 18.5 Å². The number of ether oxygens (including phenoxy) is 2. The number of imidazole rings is 2. The quantitative estimate of drug-likeness (QED) is 0.0670. The van der Waals surface area contributed by atoms with Gasteiger partial charge in [0.1, 0.15) is 30.1 Å². The molecular weight excluding hydrogens is 781 g/mol. The summed E-state index contributed by atoms with van der Waals surface area (Å²) in [5.74, 6) is -0.757. The first-order valence-corrected chi connectivity index (χ1v) is 20.4. The Morgan fingerprint density at radius 3 is 2.31 bits per heavy atom. The van der Waals surface area contributed by atoms with E-state index in [1.165, 1.54) is 26.4 Å². The van der Waals surface area contributed by atoms with Crippen molar-refractivity contribution in [2.75, 3.05) is 18.9 Å². The first-order chi connectivity index (χ1) is 24.2. The molecule has 25 nitrogen and oxygen atoms in total. The number of nitrogen functional groups attached to an aromatic ring is 1. The van der Waals surface area contributed by atoms with E-state index in [4.69, 9.17) is 30.0 Å². The third-order valence-electron chi connectivity index (χ3n) is 8.13. The molecule has 0 aromatic carbocycles. The van der Waals surface area contributed by atoms with E-state index in [-0.39, 0.29) is 34.6 Å². The number of anilines is 1. The number of aromatic amines is 1. The van der Waals surface area contributed by atoms with Crippen molar-refractivity contribution in [1.82, 2.24) is 29.4 Å². The maximum atomic E-state index is 12.7. The summed E-state index contributed by atoms with van der Waals surface area (Å²) in [5.41, 5.74) is 11.8. The van der Waals surface area contributed by atoms with Crippen LogP contribution in [0.5, 0.6) is 0 Å². The fourth-order valence-corrected chi connectivity index (χ4v) is 10.8. The fourth-order valence-electron chi connectivity index (χ4n) is 5.78. The Hall–Kier alpha value is -3.00. The van der Waals surface area contributed by atoms with Crippen molar-refractivity contribution in [1.29, 1.82) is 0 Å². The van der Waals surface area contributed by atoms with Gasteiger partial charge in [-0.05, 0) is 11.8 Å². The molecule has 3 aliphatic rings. The van der Waals surface area contributed by atoms with Gasteiger partial charge in [-0.15, -0.1) is 0 Å². The van der Waals surface area contributed by atoms with E-state index < -0.39 is 90.0 Å². The van der Waals surface area contributed by atoms with Crippen molar-refractivity contribution >= 4 is 68.8 Å². The smallest absolute Gasteiger partial charge is 0.390 e. The average Bonchev–Trinajstić information content (AvgIpc) is 3.74. The minimum absolute atomic E-state index is 0.0298. The van der Waals surface area contributed by atoms with E-state index in [0.717, 1.165) is 0 Å². The van der Waals surface area contributed by atoms with Gasteiger partial charge >= 0.3 is 28.0 Å². The predicted octanol–water partition coefficient (Wildman–Crippen LogP) is -2.45. The van der Waals surface area contributed by atoms with Gasteiger partial charge in [-0.25, -0.2) is 27.3 Å². The highest BCUT2D eigenvalue weighted by Gasteiger charge is 2.49. The largest absolute Gasteiger partial charge is 0.479 e. The first kappa shape index (κ1) is 38.7. The van der Waals surface area contributed by atoms with Crippen molar-refractivity contribution in [2.45, 2.75) is 49.9 Å². The van der Waals surface area contributed by atoms with Crippen molar-refractivity contribution in [3.63, 3.8) is 0 Å². The molecule has 3 aromatic rings. The molecule has 3 aliphatic heterocycles. The van der Waals surface area contributed by atoms with Crippen LogP contribution in [0.3, 0.4) is 0 Å². The lowest BCUT2D eigenvalue weighted by molar-refractivity contribution is -0.745. The van der Waals surface area contributed by atoms with Crippen LogP contribution >= 0.6 is 22.4 Å². The van der Waals surface area contributed by atoms with Gasteiger partial charge < -0.3 is 56.3 Å². The van der Waals surface area contributed by atoms with Crippen LogP contribution in [-0.4, -0.2) is 104 Å². The summed E-state index contributed by atoms with van der Waals surface area (Å²) in [6.45, 7) is -1.49. The van der Waals surface area contributed by atoms with Crippen LogP contribution in [0.15, 0.2) is 29.0 Å². The summed E-state index contributed by atoms with van der Waals surface area (Å²) in [7, 11) is -9.23. The number of fused-ring (bicyclic) bond motifs is 2. The molecule has 0 aliphatic carbocycles. The molecule has 29 heteroatoms. The Labute approximate surface area is 296 Å². The lowest BCUT2D eigenvalue weighted by Gasteiger charge is -2.23. The summed E-state index contributed by atoms with van der Waals surface area (Å²) in [6.07, 6.45) is -6.94. The Morgan fingerprint density at radius 1 is 1.06 bits per heavy atom. The zero-order valence-electron chi connectivity index (χ0n) is 26.8. The number of aryl methyl sites for hydroxylation is 1. The highest BCUT2D eigenvalue weighted by molar-refractivity contribution is 8.09. The van der Waals surface area contributed by atoms with Gasteiger partial charge in [0.15, 0.2) is 30.6 Å². The van der Waals surface area contributed by atoms with E-state index in [9.17, 15) is 43.9 Å². The molecule has 6 heterocycles. The second-order valence-electron chi connectivity index (χ2n) is 11.8. The predicted molar refractivity (Wildman–Crippen MR) is 177 cm³/mol. The average molecular weight is 816 g/mol. The maximum Gasteiger partial charge on any atom is 0.479 e. The number of nitrogens with two attached hydrogens (primary N) is 2. The molecule has 0 bridgehead atoms. The Morgan fingerprint density at radius 2 is 1.67 bits per heavy atom. The second kappa shape index (κ2) is 14.0. The Balaban J connectivity index is 1.04. The Bertz CT molecular complexity index is 2140. The number of aliphatic imine (C=N–C) groups is 1. The number of hydrogen-bond donors (Lipinski definition) is 10. The van der Waals surface area contributed by atoms with Gasteiger partial charge in [0, 0.05) is 5.92 Å². The van der Waals surface area contributed by atoms with Crippen LogP contribution in [0.1, 0.15) is 25.1 Å². The molecule has 2 saturated heterocycles. The number of aromatic nitrogens is 6. The molecule has 0 spiro atoms. The molecule has 0 saturated carbocycles. The molecular formula is C23H34N10O15P3S+. The number of rotatable bonds is 12. The standard InChI is InChI=1S/C23H33N10O15P3S/c1-8-14(34)10(45-20(8)33-7-31(3)13-18(33)29-23(25)30-19(13)37)4-43-49(38,39)47-51(42,52)48-50(40,41)44-5-11-15(35)16(36)21(46-11)32-6-26-12-9(2)27-22(24)28-17(12)32/h6-8,10-11,14-16,20-21,34-36H,2,4-5H2,1,3H3,(H8-,24,25,27,28,29,30,37,38,39,40,41,42,52)/p+1/t8-,10-,11?,14+,15-,16-,20?,21-,51?/m1/s1. The molecule has 11 atom stereocenters. The number of phosphoric ester groups is 2. The molecule has 0 radical (unpaired) electrons. The van der Waals surface area contributed by atoms with Gasteiger partial charge in [0.2, 0.25) is 5.52 Å². The summed E-state index contributed by atoms with van der Waals surface area (Å²) >= 11 is 4.62. The minimum Gasteiger partial charge on any atom is -0.390 e. The third kappa shape index (κ3) is 7.65. The first-order valence-electron chi connectivity index (χ1n) is 14.9. The molecule has 0 amide bonds. The van der Waals surface area contributed by atoms with Crippen LogP contribution in [0.2, 0.25) is 0 Å². The highest BCUT2D eigenvalue weighted by atomic mass is 32.5. The van der Waals surface area contributed by atoms with E-state index in [1.807, 2.05) is 0 Å². The number of hydrogen-bond acceptors (Lipinski definition) is 19. The summed E-state index contributed by atoms with van der Waals surface area (Å²) < 4.78 is 59.5. The van der Waals surface area contributed by atoms with Gasteiger partial charge in [0.05, 0.1) is 38.4 Å².